The Morgan fingerprint density at radius 2 is 2.04 bits per heavy atom. The van der Waals surface area contributed by atoms with E-state index in [1.807, 2.05) is 0 Å². The first-order valence-corrected chi connectivity index (χ1v) is 8.04. The molecule has 0 radical (unpaired) electrons. The van der Waals surface area contributed by atoms with Gasteiger partial charge in [-0.1, -0.05) is 0 Å². The highest BCUT2D eigenvalue weighted by atomic mass is 19.1. The number of rotatable bonds is 5. The van der Waals surface area contributed by atoms with Crippen LogP contribution < -0.4 is 4.74 Å². The molecule has 0 spiro atoms. The number of nitrogens with zero attached hydrogens (tertiary/aromatic N) is 2. The number of aromatic carboxylic acids is 1. The van der Waals surface area contributed by atoms with Gasteiger partial charge in [-0.2, -0.15) is 0 Å². The summed E-state index contributed by atoms with van der Waals surface area (Å²) in [5.74, 6) is -2.28. The van der Waals surface area contributed by atoms with Crippen LogP contribution in [0.3, 0.4) is 0 Å². The molecule has 5 nitrogen and oxygen atoms in total. The minimum atomic E-state index is -0.992. The van der Waals surface area contributed by atoms with Gasteiger partial charge in [0.1, 0.15) is 11.9 Å². The molecule has 1 aromatic carbocycles. The van der Waals surface area contributed by atoms with Gasteiger partial charge < -0.3 is 9.84 Å². The molecule has 1 aliphatic heterocycles. The Balaban J connectivity index is 1.56. The number of piperidine rings is 1. The zero-order valence-electron chi connectivity index (χ0n) is 13.5. The minimum absolute atomic E-state index is 0.0535. The van der Waals surface area contributed by atoms with Crippen molar-refractivity contribution in [3.05, 3.63) is 59.4 Å². The van der Waals surface area contributed by atoms with E-state index in [9.17, 15) is 18.7 Å². The summed E-state index contributed by atoms with van der Waals surface area (Å²) in [4.78, 5) is 17.5. The fourth-order valence-corrected chi connectivity index (χ4v) is 2.91. The molecule has 0 amide bonds. The van der Waals surface area contributed by atoms with Crippen molar-refractivity contribution in [2.45, 2.75) is 25.5 Å². The highest BCUT2D eigenvalue weighted by Crippen LogP contribution is 2.23. The van der Waals surface area contributed by atoms with Crippen molar-refractivity contribution in [2.75, 3.05) is 13.1 Å². The predicted octanol–water partition coefficient (Wildman–Crippen LogP) is 3.10. The molecule has 1 fully saturated rings. The first-order chi connectivity index (χ1) is 12.0. The number of aromatic nitrogens is 1. The zero-order valence-corrected chi connectivity index (χ0v) is 13.5. The van der Waals surface area contributed by atoms with Gasteiger partial charge in [-0.3, -0.25) is 9.88 Å². The number of likely N-dealkylation sites (tertiary alicyclic amines) is 1. The number of halogens is 2. The highest BCUT2D eigenvalue weighted by molar-refractivity contribution is 5.88. The van der Waals surface area contributed by atoms with Crippen LogP contribution in [0.5, 0.6) is 5.75 Å². The van der Waals surface area contributed by atoms with Crippen molar-refractivity contribution < 1.29 is 23.4 Å². The van der Waals surface area contributed by atoms with Gasteiger partial charge in [0, 0.05) is 31.9 Å². The zero-order chi connectivity index (χ0) is 17.8. The summed E-state index contributed by atoms with van der Waals surface area (Å²) in [6, 6.07) is 6.41. The second-order valence-electron chi connectivity index (χ2n) is 5.97. The van der Waals surface area contributed by atoms with Gasteiger partial charge >= 0.3 is 5.97 Å². The molecular weight excluding hydrogens is 330 g/mol. The maximum atomic E-state index is 13.7. The van der Waals surface area contributed by atoms with Crippen LogP contribution in [0.4, 0.5) is 8.78 Å². The first-order valence-electron chi connectivity index (χ1n) is 8.04. The Hall–Kier alpha value is -2.54. The molecule has 25 heavy (non-hydrogen) atoms. The topological polar surface area (TPSA) is 62.7 Å². The molecule has 1 aliphatic rings. The van der Waals surface area contributed by atoms with Crippen molar-refractivity contribution in [3.63, 3.8) is 0 Å². The van der Waals surface area contributed by atoms with Crippen LogP contribution in [0.2, 0.25) is 0 Å². The van der Waals surface area contributed by atoms with Crippen molar-refractivity contribution in [1.29, 1.82) is 0 Å². The molecule has 1 N–H and O–H groups in total. The molecule has 0 atom stereocenters. The van der Waals surface area contributed by atoms with Crippen molar-refractivity contribution >= 4 is 5.97 Å². The molecule has 0 unspecified atom stereocenters. The van der Waals surface area contributed by atoms with Crippen LogP contribution in [0.15, 0.2) is 36.5 Å². The average molecular weight is 348 g/mol. The molecule has 1 saturated heterocycles. The van der Waals surface area contributed by atoms with Crippen LogP contribution in [-0.4, -0.2) is 40.2 Å². The molecular formula is C18H18F2N2O3. The second-order valence-corrected chi connectivity index (χ2v) is 5.97. The number of carboxylic acid groups (broad SMARTS) is 1. The van der Waals surface area contributed by atoms with Gasteiger partial charge in [0.05, 0.1) is 11.3 Å². The summed E-state index contributed by atoms with van der Waals surface area (Å²) in [6.07, 6.45) is 2.77. The Bertz CT molecular complexity index is 762. The summed E-state index contributed by atoms with van der Waals surface area (Å²) >= 11 is 0. The van der Waals surface area contributed by atoms with Gasteiger partial charge in [-0.15, -0.1) is 0 Å². The van der Waals surface area contributed by atoms with Crippen molar-refractivity contribution in [1.82, 2.24) is 9.88 Å². The summed E-state index contributed by atoms with van der Waals surface area (Å²) in [5, 5.41) is 9.21. The van der Waals surface area contributed by atoms with Crippen LogP contribution in [-0.2, 0) is 6.54 Å². The third-order valence-corrected chi connectivity index (χ3v) is 4.22. The lowest BCUT2D eigenvalue weighted by molar-refractivity contribution is 0.0688. The quantitative estimate of drug-likeness (QED) is 0.900. The standard InChI is InChI=1S/C18H18F2N2O3/c19-12-3-4-17(15(20)10-12)25-13-5-8-22(9-6-13)11-16-14(18(23)24)2-1-7-21-16/h1-4,7,10,13H,5-6,8-9,11H2,(H,23,24). The third-order valence-electron chi connectivity index (χ3n) is 4.22. The monoisotopic (exact) mass is 348 g/mol. The lowest BCUT2D eigenvalue weighted by Gasteiger charge is -2.32. The fourth-order valence-electron chi connectivity index (χ4n) is 2.91. The number of carbonyl (C=O) groups is 1. The van der Waals surface area contributed by atoms with E-state index in [0.717, 1.165) is 6.07 Å². The summed E-state index contributed by atoms with van der Waals surface area (Å²) < 4.78 is 32.2. The van der Waals surface area contributed by atoms with E-state index in [0.29, 0.717) is 38.2 Å². The fraction of sp³-hybridized carbons (Fsp3) is 0.333. The molecule has 0 bridgehead atoms. The van der Waals surface area contributed by atoms with Gasteiger partial charge in [0.25, 0.3) is 0 Å². The van der Waals surface area contributed by atoms with Crippen molar-refractivity contribution in [3.8, 4) is 5.75 Å². The summed E-state index contributed by atoms with van der Waals surface area (Å²) in [5.41, 5.74) is 0.730. The third kappa shape index (κ3) is 4.30. The first kappa shape index (κ1) is 17.3. The summed E-state index contributed by atoms with van der Waals surface area (Å²) in [7, 11) is 0. The van der Waals surface area contributed by atoms with Gasteiger partial charge in [-0.25, -0.2) is 13.6 Å². The van der Waals surface area contributed by atoms with E-state index in [1.165, 1.54) is 18.2 Å². The normalized spacial score (nSPS) is 15.9. The highest BCUT2D eigenvalue weighted by Gasteiger charge is 2.23. The predicted molar refractivity (Wildman–Crippen MR) is 86.5 cm³/mol. The van der Waals surface area contributed by atoms with E-state index in [2.05, 4.69) is 9.88 Å². The van der Waals surface area contributed by atoms with Gasteiger partial charge in [-0.05, 0) is 37.1 Å². The van der Waals surface area contributed by atoms with E-state index in [4.69, 9.17) is 4.74 Å². The summed E-state index contributed by atoms with van der Waals surface area (Å²) in [6.45, 7) is 1.81. The second kappa shape index (κ2) is 7.57. The molecule has 0 saturated carbocycles. The average Bonchev–Trinajstić information content (AvgIpc) is 2.59. The Kier molecular flexibility index (Phi) is 5.23. The number of hydrogen-bond acceptors (Lipinski definition) is 4. The van der Waals surface area contributed by atoms with E-state index in [-0.39, 0.29) is 17.4 Å². The molecule has 2 heterocycles. The van der Waals surface area contributed by atoms with Crippen LogP contribution in [0.25, 0.3) is 0 Å². The van der Waals surface area contributed by atoms with Gasteiger partial charge in [0.15, 0.2) is 11.6 Å². The lowest BCUT2D eigenvalue weighted by atomic mass is 10.1. The number of ether oxygens (including phenoxy) is 1. The van der Waals surface area contributed by atoms with Crippen LogP contribution in [0, 0.1) is 11.6 Å². The number of hydrogen-bond donors (Lipinski definition) is 1. The Labute approximate surface area is 143 Å². The molecule has 7 heteroatoms. The van der Waals surface area contributed by atoms with E-state index in [1.54, 1.807) is 12.3 Å². The number of pyridine rings is 1. The van der Waals surface area contributed by atoms with Crippen molar-refractivity contribution in [2.24, 2.45) is 0 Å². The molecule has 3 rings (SSSR count). The SMILES string of the molecule is O=C(O)c1cccnc1CN1CCC(Oc2ccc(F)cc2F)CC1. The maximum Gasteiger partial charge on any atom is 0.337 e. The Morgan fingerprint density at radius 3 is 2.72 bits per heavy atom. The van der Waals surface area contributed by atoms with Gasteiger partial charge in [0.2, 0.25) is 0 Å². The minimum Gasteiger partial charge on any atom is -0.487 e. The van der Waals surface area contributed by atoms with E-state index >= 15 is 0 Å². The number of benzene rings is 1. The largest absolute Gasteiger partial charge is 0.487 e. The maximum absolute atomic E-state index is 13.7. The molecule has 0 aliphatic carbocycles. The molecule has 132 valence electrons. The Morgan fingerprint density at radius 1 is 1.28 bits per heavy atom. The van der Waals surface area contributed by atoms with Crippen LogP contribution in [0.1, 0.15) is 28.9 Å². The van der Waals surface area contributed by atoms with E-state index < -0.39 is 17.6 Å². The smallest absolute Gasteiger partial charge is 0.337 e. The molecule has 1 aromatic heterocycles. The molecule has 2 aromatic rings. The number of carboxylic acids is 1. The van der Waals surface area contributed by atoms with Crippen LogP contribution >= 0.6 is 0 Å². The lowest BCUT2D eigenvalue weighted by Crippen LogP contribution is -2.38.